The lowest BCUT2D eigenvalue weighted by molar-refractivity contribution is -0.0598. The summed E-state index contributed by atoms with van der Waals surface area (Å²) in [6, 6.07) is 4.72. The van der Waals surface area contributed by atoms with Crippen LogP contribution >= 0.6 is 11.6 Å². The summed E-state index contributed by atoms with van der Waals surface area (Å²) in [7, 11) is -2.48. The van der Waals surface area contributed by atoms with E-state index in [0.29, 0.717) is 31.4 Å². The zero-order valence-corrected chi connectivity index (χ0v) is 19.1. The van der Waals surface area contributed by atoms with Gasteiger partial charge in [0, 0.05) is 44.6 Å². The van der Waals surface area contributed by atoms with E-state index in [2.05, 4.69) is 5.32 Å². The fraction of sp³-hybridized carbons (Fsp3) is 0.381. The van der Waals surface area contributed by atoms with Crippen molar-refractivity contribution in [3.8, 4) is 0 Å². The highest BCUT2D eigenvalue weighted by atomic mass is 35.5. The number of carbonyl (C=O) groups is 1. The van der Waals surface area contributed by atoms with E-state index < -0.39 is 39.0 Å². The quantitative estimate of drug-likeness (QED) is 0.560. The Morgan fingerprint density at radius 1 is 1.18 bits per heavy atom. The highest BCUT2D eigenvalue weighted by Crippen LogP contribution is 2.32. The third-order valence-corrected chi connectivity index (χ3v) is 7.92. The maximum atomic E-state index is 13.4. The highest BCUT2D eigenvalue weighted by Gasteiger charge is 2.38. The molecule has 0 aromatic heterocycles. The first-order valence-corrected chi connectivity index (χ1v) is 11.8. The van der Waals surface area contributed by atoms with E-state index in [1.165, 1.54) is 23.5 Å². The van der Waals surface area contributed by atoms with Crippen LogP contribution in [-0.4, -0.2) is 56.1 Å². The molecule has 0 bridgehead atoms. The lowest BCUT2D eigenvalue weighted by atomic mass is 9.89. The molecule has 7 nitrogen and oxygen atoms in total. The molecule has 1 amide bonds. The van der Waals surface area contributed by atoms with Gasteiger partial charge in [0.2, 0.25) is 10.0 Å². The lowest BCUT2D eigenvalue weighted by Crippen LogP contribution is -2.48. The Morgan fingerprint density at radius 2 is 1.79 bits per heavy atom. The van der Waals surface area contributed by atoms with Crippen molar-refractivity contribution in [2.45, 2.75) is 29.8 Å². The number of aliphatic hydroxyl groups is 1. The number of piperidine rings is 1. The molecule has 1 aliphatic heterocycles. The predicted molar refractivity (Wildman–Crippen MR) is 115 cm³/mol. The van der Waals surface area contributed by atoms with Gasteiger partial charge in [-0.25, -0.2) is 21.6 Å². The summed E-state index contributed by atoms with van der Waals surface area (Å²) in [4.78, 5) is 12.4. The normalized spacial score (nSPS) is 16.5. The fourth-order valence-electron chi connectivity index (χ4n) is 3.71. The zero-order chi connectivity index (χ0) is 24.4. The Kier molecular flexibility index (Phi) is 7.69. The van der Waals surface area contributed by atoms with Gasteiger partial charge in [-0.05, 0) is 37.5 Å². The van der Waals surface area contributed by atoms with E-state index in [9.17, 15) is 31.5 Å². The average Bonchev–Trinajstić information content (AvgIpc) is 2.78. The van der Waals surface area contributed by atoms with Crippen molar-refractivity contribution < 1.29 is 36.2 Å². The average molecular weight is 507 g/mol. The van der Waals surface area contributed by atoms with Crippen LogP contribution in [0.2, 0.25) is 5.02 Å². The number of benzene rings is 2. The number of hydrogen-bond donors (Lipinski definition) is 2. The molecular formula is C21H22ClF3N2O5S. The van der Waals surface area contributed by atoms with Gasteiger partial charge >= 0.3 is 0 Å². The topological polar surface area (TPSA) is 95.9 Å². The number of nitrogens with zero attached hydrogens (tertiary/aromatic N) is 1. The SMILES string of the molecule is COC1(CCO)CCN(S(=O)(=O)c2ccc(Cl)c(C(=O)Nc3cc(F)c(F)c(F)c3)c2)CC1. The number of rotatable bonds is 7. The van der Waals surface area contributed by atoms with Crippen molar-refractivity contribution in [1.29, 1.82) is 0 Å². The smallest absolute Gasteiger partial charge is 0.257 e. The van der Waals surface area contributed by atoms with Crippen molar-refractivity contribution in [3.63, 3.8) is 0 Å². The first kappa shape index (κ1) is 25.4. The number of amides is 1. The molecule has 1 aliphatic rings. The molecule has 1 fully saturated rings. The summed E-state index contributed by atoms with van der Waals surface area (Å²) in [5.74, 6) is -5.60. The Morgan fingerprint density at radius 3 is 2.33 bits per heavy atom. The molecule has 0 saturated carbocycles. The summed E-state index contributed by atoms with van der Waals surface area (Å²) >= 11 is 6.05. The van der Waals surface area contributed by atoms with Gasteiger partial charge in [0.15, 0.2) is 17.5 Å². The highest BCUT2D eigenvalue weighted by molar-refractivity contribution is 7.89. The summed E-state index contributed by atoms with van der Waals surface area (Å²) in [6.07, 6.45) is 1.14. The number of sulfonamides is 1. The van der Waals surface area contributed by atoms with Gasteiger partial charge in [0.05, 0.1) is 21.1 Å². The van der Waals surface area contributed by atoms with E-state index in [-0.39, 0.29) is 40.9 Å². The molecule has 3 rings (SSSR count). The molecule has 2 aromatic carbocycles. The van der Waals surface area contributed by atoms with Gasteiger partial charge in [-0.2, -0.15) is 4.31 Å². The van der Waals surface area contributed by atoms with E-state index in [1.54, 1.807) is 0 Å². The largest absolute Gasteiger partial charge is 0.396 e. The molecule has 180 valence electrons. The molecule has 12 heteroatoms. The number of nitrogens with one attached hydrogen (secondary N) is 1. The number of anilines is 1. The van der Waals surface area contributed by atoms with Gasteiger partial charge in [0.1, 0.15) is 0 Å². The number of ether oxygens (including phenoxy) is 1. The number of halogens is 4. The molecule has 1 saturated heterocycles. The number of aliphatic hydroxyl groups excluding tert-OH is 1. The second kappa shape index (κ2) is 9.98. The Bertz CT molecular complexity index is 1130. The molecule has 0 spiro atoms. The summed E-state index contributed by atoms with van der Waals surface area (Å²) < 4.78 is 73.0. The first-order valence-electron chi connectivity index (χ1n) is 9.94. The van der Waals surface area contributed by atoms with Crippen LogP contribution in [0.1, 0.15) is 29.6 Å². The van der Waals surface area contributed by atoms with Crippen LogP contribution in [0.3, 0.4) is 0 Å². The minimum atomic E-state index is -3.99. The minimum absolute atomic E-state index is 0.0852. The van der Waals surface area contributed by atoms with Crippen molar-refractivity contribution in [2.24, 2.45) is 0 Å². The third kappa shape index (κ3) is 5.33. The number of hydrogen-bond acceptors (Lipinski definition) is 5. The molecule has 33 heavy (non-hydrogen) atoms. The van der Waals surface area contributed by atoms with E-state index in [4.69, 9.17) is 16.3 Å². The Labute approximate surface area is 194 Å². The first-order chi connectivity index (χ1) is 15.5. The summed E-state index contributed by atoms with van der Waals surface area (Å²) in [6.45, 7) is 0.209. The molecule has 0 atom stereocenters. The predicted octanol–water partition coefficient (Wildman–Crippen LogP) is 3.56. The van der Waals surface area contributed by atoms with Crippen LogP contribution in [0.4, 0.5) is 18.9 Å². The summed E-state index contributed by atoms with van der Waals surface area (Å²) in [5.41, 5.74) is -1.21. The number of carbonyl (C=O) groups excluding carboxylic acids is 1. The Balaban J connectivity index is 1.83. The maximum absolute atomic E-state index is 13.4. The molecule has 2 N–H and O–H groups in total. The van der Waals surface area contributed by atoms with Crippen molar-refractivity contribution in [3.05, 3.63) is 58.4 Å². The van der Waals surface area contributed by atoms with Crippen molar-refractivity contribution in [1.82, 2.24) is 4.31 Å². The van der Waals surface area contributed by atoms with E-state index >= 15 is 0 Å². The van der Waals surface area contributed by atoms with Crippen LogP contribution in [0.25, 0.3) is 0 Å². The van der Waals surface area contributed by atoms with Crippen molar-refractivity contribution in [2.75, 3.05) is 32.1 Å². The van der Waals surface area contributed by atoms with Crippen LogP contribution in [0, 0.1) is 17.5 Å². The van der Waals surface area contributed by atoms with Crippen LogP contribution in [-0.2, 0) is 14.8 Å². The van der Waals surface area contributed by atoms with Crippen molar-refractivity contribution >= 4 is 33.2 Å². The molecule has 0 unspecified atom stereocenters. The molecule has 0 radical (unpaired) electrons. The fourth-order valence-corrected chi connectivity index (χ4v) is 5.38. The third-order valence-electron chi connectivity index (χ3n) is 5.70. The van der Waals surface area contributed by atoms with Crippen LogP contribution < -0.4 is 5.32 Å². The lowest BCUT2D eigenvalue weighted by Gasteiger charge is -2.40. The van der Waals surface area contributed by atoms with E-state index in [0.717, 1.165) is 6.07 Å². The summed E-state index contributed by atoms with van der Waals surface area (Å²) in [5, 5.41) is 11.3. The van der Waals surface area contributed by atoms with Crippen LogP contribution in [0.15, 0.2) is 35.2 Å². The van der Waals surface area contributed by atoms with Gasteiger partial charge < -0.3 is 15.2 Å². The monoisotopic (exact) mass is 506 g/mol. The van der Waals surface area contributed by atoms with Crippen LogP contribution in [0.5, 0.6) is 0 Å². The number of methoxy groups -OCH3 is 1. The zero-order valence-electron chi connectivity index (χ0n) is 17.6. The Hall–Kier alpha value is -2.18. The van der Waals surface area contributed by atoms with Gasteiger partial charge in [-0.1, -0.05) is 11.6 Å². The maximum Gasteiger partial charge on any atom is 0.257 e. The van der Waals surface area contributed by atoms with Gasteiger partial charge in [-0.15, -0.1) is 0 Å². The van der Waals surface area contributed by atoms with Gasteiger partial charge in [-0.3, -0.25) is 4.79 Å². The molecular weight excluding hydrogens is 485 g/mol. The van der Waals surface area contributed by atoms with E-state index in [1.807, 2.05) is 0 Å². The second-order valence-electron chi connectivity index (χ2n) is 7.61. The molecule has 0 aliphatic carbocycles. The standard InChI is InChI=1S/C21H22ClF3N2O5S/c1-32-21(6-9-28)4-7-27(8-5-21)33(30,31)14-2-3-16(22)15(12-14)20(29)26-13-10-17(23)19(25)18(24)11-13/h2-3,10-12,28H,4-9H2,1H3,(H,26,29). The molecule has 2 aromatic rings. The second-order valence-corrected chi connectivity index (χ2v) is 9.96. The minimum Gasteiger partial charge on any atom is -0.396 e. The molecule has 1 heterocycles. The van der Waals surface area contributed by atoms with Gasteiger partial charge in [0.25, 0.3) is 5.91 Å².